The summed E-state index contributed by atoms with van der Waals surface area (Å²) in [6.45, 7) is 1.56. The van der Waals surface area contributed by atoms with Crippen molar-refractivity contribution in [2.45, 2.75) is 31.8 Å². The molecule has 2 fully saturated rings. The van der Waals surface area contributed by atoms with Crippen LogP contribution >= 0.6 is 0 Å². The first-order chi connectivity index (χ1) is 8.66. The zero-order chi connectivity index (χ0) is 12.7. The van der Waals surface area contributed by atoms with E-state index in [9.17, 15) is 9.90 Å². The summed E-state index contributed by atoms with van der Waals surface area (Å²) in [6.07, 6.45) is 7.11. The molecular weight excluding hydrogens is 230 g/mol. The van der Waals surface area contributed by atoms with Gasteiger partial charge in [0, 0.05) is 26.0 Å². The van der Waals surface area contributed by atoms with E-state index in [0.29, 0.717) is 18.4 Å². The number of hydrogen-bond acceptors (Lipinski definition) is 3. The van der Waals surface area contributed by atoms with Crippen molar-refractivity contribution in [3.05, 3.63) is 18.2 Å². The van der Waals surface area contributed by atoms with Gasteiger partial charge in [0.1, 0.15) is 11.9 Å². The van der Waals surface area contributed by atoms with Gasteiger partial charge in [-0.1, -0.05) is 6.42 Å². The molecule has 5 heteroatoms. The normalized spacial score (nSPS) is 31.7. The van der Waals surface area contributed by atoms with Gasteiger partial charge in [-0.15, -0.1) is 0 Å². The monoisotopic (exact) mass is 249 g/mol. The lowest BCUT2D eigenvalue weighted by Gasteiger charge is -2.23. The average Bonchev–Trinajstić information content (AvgIpc) is 2.95. The third kappa shape index (κ3) is 1.82. The highest BCUT2D eigenvalue weighted by atomic mass is 16.4. The van der Waals surface area contributed by atoms with Gasteiger partial charge in [-0.25, -0.2) is 4.98 Å². The fourth-order valence-corrected chi connectivity index (χ4v) is 3.63. The standard InChI is InChI=1S/C13H19N3O2/c1-15-6-5-14-11(15)8-16-7-9-3-2-4-10(9)12(16)13(17)18/h5-6,9-10,12H,2-4,7-8H2,1H3,(H,17,18). The van der Waals surface area contributed by atoms with Crippen LogP contribution in [0.2, 0.25) is 0 Å². The number of carbonyl (C=O) groups is 1. The van der Waals surface area contributed by atoms with E-state index in [-0.39, 0.29) is 6.04 Å². The quantitative estimate of drug-likeness (QED) is 0.871. The van der Waals surface area contributed by atoms with Crippen molar-refractivity contribution in [2.75, 3.05) is 6.54 Å². The Balaban J connectivity index is 1.79. The van der Waals surface area contributed by atoms with Gasteiger partial charge in [-0.05, 0) is 24.7 Å². The molecule has 1 aliphatic carbocycles. The van der Waals surface area contributed by atoms with Crippen LogP contribution in [-0.4, -0.2) is 38.1 Å². The van der Waals surface area contributed by atoms with Gasteiger partial charge in [-0.3, -0.25) is 9.69 Å². The number of nitrogens with zero attached hydrogens (tertiary/aromatic N) is 3. The van der Waals surface area contributed by atoms with Gasteiger partial charge < -0.3 is 9.67 Å². The van der Waals surface area contributed by atoms with Gasteiger partial charge in [-0.2, -0.15) is 0 Å². The molecule has 1 N–H and O–H groups in total. The van der Waals surface area contributed by atoms with Crippen LogP contribution < -0.4 is 0 Å². The van der Waals surface area contributed by atoms with E-state index in [1.54, 1.807) is 6.20 Å². The molecule has 5 nitrogen and oxygen atoms in total. The Bertz CT molecular complexity index is 457. The molecule has 1 aliphatic heterocycles. The van der Waals surface area contributed by atoms with E-state index in [0.717, 1.165) is 18.8 Å². The molecule has 98 valence electrons. The van der Waals surface area contributed by atoms with Crippen LogP contribution in [0.3, 0.4) is 0 Å². The number of imidazole rings is 1. The predicted octanol–water partition coefficient (Wildman–Crippen LogP) is 1.11. The summed E-state index contributed by atoms with van der Waals surface area (Å²) in [6, 6.07) is -0.311. The van der Waals surface area contributed by atoms with Crippen molar-refractivity contribution in [3.8, 4) is 0 Å². The number of aliphatic carboxylic acids is 1. The Kier molecular flexibility index (Phi) is 2.86. The van der Waals surface area contributed by atoms with Crippen molar-refractivity contribution in [2.24, 2.45) is 18.9 Å². The van der Waals surface area contributed by atoms with Crippen LogP contribution in [0.1, 0.15) is 25.1 Å². The fraction of sp³-hybridized carbons (Fsp3) is 0.692. The molecule has 0 bridgehead atoms. The summed E-state index contributed by atoms with van der Waals surface area (Å²) in [5.41, 5.74) is 0. The highest BCUT2D eigenvalue weighted by molar-refractivity contribution is 5.74. The Morgan fingerprint density at radius 2 is 2.39 bits per heavy atom. The van der Waals surface area contributed by atoms with Crippen LogP contribution in [0, 0.1) is 11.8 Å². The number of aromatic nitrogens is 2. The van der Waals surface area contributed by atoms with Crippen LogP contribution in [-0.2, 0) is 18.4 Å². The molecule has 1 saturated heterocycles. The maximum atomic E-state index is 11.5. The first-order valence-electron chi connectivity index (χ1n) is 6.60. The number of carboxylic acid groups (broad SMARTS) is 1. The van der Waals surface area contributed by atoms with E-state index in [1.165, 1.54) is 12.8 Å². The zero-order valence-corrected chi connectivity index (χ0v) is 10.6. The van der Waals surface area contributed by atoms with Crippen LogP contribution in [0.15, 0.2) is 12.4 Å². The summed E-state index contributed by atoms with van der Waals surface area (Å²) in [5, 5.41) is 9.46. The second-order valence-electron chi connectivity index (χ2n) is 5.52. The van der Waals surface area contributed by atoms with Crippen LogP contribution in [0.25, 0.3) is 0 Å². The Morgan fingerprint density at radius 1 is 1.56 bits per heavy atom. The maximum Gasteiger partial charge on any atom is 0.321 e. The summed E-state index contributed by atoms with van der Waals surface area (Å²) in [4.78, 5) is 17.9. The maximum absolute atomic E-state index is 11.5. The minimum absolute atomic E-state index is 0.311. The van der Waals surface area contributed by atoms with Gasteiger partial charge in [0.05, 0.1) is 6.54 Å². The molecule has 0 amide bonds. The molecule has 2 heterocycles. The summed E-state index contributed by atoms with van der Waals surface area (Å²) in [5.74, 6) is 1.20. The number of aryl methyl sites for hydroxylation is 1. The van der Waals surface area contributed by atoms with E-state index in [4.69, 9.17) is 0 Å². The van der Waals surface area contributed by atoms with E-state index in [1.807, 2.05) is 17.8 Å². The van der Waals surface area contributed by atoms with Crippen molar-refractivity contribution < 1.29 is 9.90 Å². The predicted molar refractivity (Wildman–Crippen MR) is 65.9 cm³/mol. The topological polar surface area (TPSA) is 58.4 Å². The van der Waals surface area contributed by atoms with E-state index in [2.05, 4.69) is 9.88 Å². The third-order valence-electron chi connectivity index (χ3n) is 4.50. The molecular formula is C13H19N3O2. The highest BCUT2D eigenvalue weighted by Gasteiger charge is 2.47. The van der Waals surface area contributed by atoms with Crippen molar-refractivity contribution in [3.63, 3.8) is 0 Å². The van der Waals surface area contributed by atoms with Crippen LogP contribution in [0.5, 0.6) is 0 Å². The Hall–Kier alpha value is -1.36. The molecule has 0 aromatic carbocycles. The van der Waals surface area contributed by atoms with Crippen molar-refractivity contribution in [1.29, 1.82) is 0 Å². The molecule has 0 radical (unpaired) electrons. The molecule has 1 aromatic rings. The van der Waals surface area contributed by atoms with Crippen molar-refractivity contribution >= 4 is 5.97 Å². The van der Waals surface area contributed by atoms with Crippen LogP contribution in [0.4, 0.5) is 0 Å². The smallest absolute Gasteiger partial charge is 0.321 e. The Labute approximate surface area is 106 Å². The van der Waals surface area contributed by atoms with E-state index >= 15 is 0 Å². The summed E-state index contributed by atoms with van der Waals surface area (Å²) in [7, 11) is 1.95. The highest BCUT2D eigenvalue weighted by Crippen LogP contribution is 2.42. The molecule has 1 saturated carbocycles. The molecule has 1 aromatic heterocycles. The lowest BCUT2D eigenvalue weighted by Crippen LogP contribution is -2.39. The molecule has 0 spiro atoms. The molecule has 3 rings (SSSR count). The zero-order valence-electron chi connectivity index (χ0n) is 10.6. The van der Waals surface area contributed by atoms with Gasteiger partial charge in [0.25, 0.3) is 0 Å². The SMILES string of the molecule is Cn1ccnc1CN1CC2CCCC2C1C(=O)O. The minimum Gasteiger partial charge on any atom is -0.480 e. The fourth-order valence-electron chi connectivity index (χ4n) is 3.63. The number of carboxylic acids is 1. The molecule has 3 atom stereocenters. The lowest BCUT2D eigenvalue weighted by molar-refractivity contribution is -0.143. The summed E-state index contributed by atoms with van der Waals surface area (Å²) >= 11 is 0. The molecule has 2 aliphatic rings. The second kappa shape index (κ2) is 4.39. The molecule has 18 heavy (non-hydrogen) atoms. The average molecular weight is 249 g/mol. The van der Waals surface area contributed by atoms with Gasteiger partial charge in [0.15, 0.2) is 0 Å². The molecule has 3 unspecified atom stereocenters. The number of fused-ring (bicyclic) bond motifs is 1. The second-order valence-corrected chi connectivity index (χ2v) is 5.52. The third-order valence-corrected chi connectivity index (χ3v) is 4.50. The number of hydrogen-bond donors (Lipinski definition) is 1. The summed E-state index contributed by atoms with van der Waals surface area (Å²) < 4.78 is 1.97. The number of rotatable bonds is 3. The van der Waals surface area contributed by atoms with Gasteiger partial charge >= 0.3 is 5.97 Å². The number of likely N-dealkylation sites (tertiary alicyclic amines) is 1. The minimum atomic E-state index is -0.668. The van der Waals surface area contributed by atoms with E-state index < -0.39 is 5.97 Å². The Morgan fingerprint density at radius 3 is 3.06 bits per heavy atom. The van der Waals surface area contributed by atoms with Gasteiger partial charge in [0.2, 0.25) is 0 Å². The lowest BCUT2D eigenvalue weighted by atomic mass is 9.94. The largest absolute Gasteiger partial charge is 0.480 e. The first kappa shape index (κ1) is 11.7. The first-order valence-corrected chi connectivity index (χ1v) is 6.60. The van der Waals surface area contributed by atoms with Crippen molar-refractivity contribution in [1.82, 2.24) is 14.5 Å².